The number of nitrogens with zero attached hydrogens (tertiary/aromatic N) is 1. The van der Waals surface area contributed by atoms with E-state index >= 15 is 0 Å². The Morgan fingerprint density at radius 1 is 0.404 bits per heavy atom. The lowest BCUT2D eigenvalue weighted by Gasteiger charge is -2.30. The number of benzene rings is 9. The molecule has 0 saturated heterocycles. The van der Waals surface area contributed by atoms with Crippen molar-refractivity contribution < 1.29 is 4.42 Å². The highest BCUT2D eigenvalue weighted by Crippen LogP contribution is 2.64. The lowest BCUT2D eigenvalue weighted by atomic mass is 9.70. The summed E-state index contributed by atoms with van der Waals surface area (Å²) >= 11 is 0. The van der Waals surface area contributed by atoms with Crippen LogP contribution < -0.4 is 0 Å². The average molecular weight is 660 g/mol. The first-order valence-electron chi connectivity index (χ1n) is 18.0. The van der Waals surface area contributed by atoms with Crippen molar-refractivity contribution >= 4 is 43.4 Å². The van der Waals surface area contributed by atoms with E-state index < -0.39 is 5.41 Å². The number of rotatable bonds is 2. The van der Waals surface area contributed by atoms with Crippen LogP contribution in [-0.2, 0) is 5.41 Å². The van der Waals surface area contributed by atoms with Crippen LogP contribution in [0.2, 0.25) is 0 Å². The molecule has 2 aliphatic rings. The van der Waals surface area contributed by atoms with Crippen LogP contribution in [0.5, 0.6) is 0 Å². The molecule has 2 nitrogen and oxygen atoms in total. The Morgan fingerprint density at radius 3 is 1.92 bits per heavy atom. The Kier molecular flexibility index (Phi) is 5.46. The third-order valence-electron chi connectivity index (χ3n) is 11.7. The minimum atomic E-state index is -0.403. The first-order valence-corrected chi connectivity index (χ1v) is 18.0. The highest BCUT2D eigenvalue weighted by Gasteiger charge is 2.52. The topological polar surface area (TPSA) is 26.0 Å². The average Bonchev–Trinajstić information content (AvgIpc) is 3.88. The minimum Gasteiger partial charge on any atom is -0.435 e. The zero-order valence-electron chi connectivity index (χ0n) is 28.1. The summed E-state index contributed by atoms with van der Waals surface area (Å²) < 4.78 is 6.50. The van der Waals surface area contributed by atoms with Crippen LogP contribution in [0.1, 0.15) is 22.3 Å². The monoisotopic (exact) mass is 659 g/mol. The third-order valence-corrected chi connectivity index (χ3v) is 11.7. The fraction of sp³-hybridized carbons (Fsp3) is 0.0200. The molecule has 0 radical (unpaired) electrons. The van der Waals surface area contributed by atoms with Crippen LogP contribution in [0.15, 0.2) is 180 Å². The van der Waals surface area contributed by atoms with Gasteiger partial charge < -0.3 is 4.42 Å². The van der Waals surface area contributed by atoms with Crippen LogP contribution in [-0.4, -0.2) is 4.98 Å². The maximum atomic E-state index is 6.50. The molecule has 0 unspecified atom stereocenters. The van der Waals surface area contributed by atoms with E-state index in [0.717, 1.165) is 32.8 Å². The summed E-state index contributed by atoms with van der Waals surface area (Å²) in [5, 5.41) is 7.16. The van der Waals surface area contributed by atoms with E-state index in [1.54, 1.807) is 0 Å². The van der Waals surface area contributed by atoms with Gasteiger partial charge in [0, 0.05) is 10.9 Å². The maximum Gasteiger partial charge on any atom is 0.227 e. The predicted octanol–water partition coefficient (Wildman–Crippen LogP) is 13.0. The molecule has 240 valence electrons. The molecule has 0 bridgehead atoms. The summed E-state index contributed by atoms with van der Waals surface area (Å²) in [4.78, 5) is 4.87. The number of hydrogen-bond donors (Lipinski definition) is 0. The predicted molar refractivity (Wildman–Crippen MR) is 214 cm³/mol. The summed E-state index contributed by atoms with van der Waals surface area (Å²) in [5.41, 5.74) is 15.4. The SMILES string of the molecule is c1ccc(-c2nc3ccc4ccc5cc(-c6ccc7c(c6)C6(c8ccccc8-c8ccccc86)c6ccc8ccccc8c6-7)ccc5c4c3o2)cc1. The molecule has 0 aliphatic heterocycles. The van der Waals surface area contributed by atoms with Crippen LogP contribution in [0.3, 0.4) is 0 Å². The third kappa shape index (κ3) is 3.56. The molecule has 10 aromatic rings. The van der Waals surface area contributed by atoms with E-state index in [2.05, 4.69) is 146 Å². The van der Waals surface area contributed by atoms with Crippen LogP contribution in [0.25, 0.3) is 88.3 Å². The molecule has 52 heavy (non-hydrogen) atoms. The van der Waals surface area contributed by atoms with Crippen LogP contribution >= 0.6 is 0 Å². The van der Waals surface area contributed by atoms with E-state index in [1.807, 2.05) is 30.3 Å². The standard InChI is InChI=1S/C50H29NO/c1-2-11-32(12-3-1)49-51-45-27-23-31-18-19-35-28-33(20-24-37(35)46(31)48(45)52-49)34-21-25-40-44(29-34)50(43-26-22-30-10-4-5-13-36(30)47(40)43)41-16-8-6-14-38(41)39-15-7-9-17-42(39)50/h1-29H. The molecule has 0 saturated carbocycles. The summed E-state index contributed by atoms with van der Waals surface area (Å²) in [5.74, 6) is 0.646. The summed E-state index contributed by atoms with van der Waals surface area (Å²) in [6.07, 6.45) is 0. The van der Waals surface area contributed by atoms with Gasteiger partial charge in [0.2, 0.25) is 5.89 Å². The lowest BCUT2D eigenvalue weighted by molar-refractivity contribution is 0.623. The molecule has 0 fully saturated rings. The van der Waals surface area contributed by atoms with Gasteiger partial charge in [0.05, 0.1) is 5.41 Å². The molecule has 2 heteroatoms. The van der Waals surface area contributed by atoms with Crippen molar-refractivity contribution in [2.24, 2.45) is 0 Å². The molecule has 1 spiro atoms. The van der Waals surface area contributed by atoms with E-state index in [-0.39, 0.29) is 0 Å². The number of oxazole rings is 1. The Labute approximate surface area is 300 Å². The minimum absolute atomic E-state index is 0.403. The zero-order valence-corrected chi connectivity index (χ0v) is 28.1. The van der Waals surface area contributed by atoms with Crippen LogP contribution in [0.4, 0.5) is 0 Å². The largest absolute Gasteiger partial charge is 0.435 e. The number of aromatic nitrogens is 1. The fourth-order valence-corrected chi connectivity index (χ4v) is 9.50. The van der Waals surface area contributed by atoms with Gasteiger partial charge in [0.1, 0.15) is 5.52 Å². The van der Waals surface area contributed by atoms with Crippen LogP contribution in [0, 0.1) is 0 Å². The molecule has 2 aliphatic carbocycles. The van der Waals surface area contributed by atoms with E-state index in [0.29, 0.717) is 5.89 Å². The molecule has 12 rings (SSSR count). The summed E-state index contributed by atoms with van der Waals surface area (Å²) in [6.45, 7) is 0. The second-order valence-electron chi connectivity index (χ2n) is 14.2. The molecule has 9 aromatic carbocycles. The number of fused-ring (bicyclic) bond motifs is 17. The van der Waals surface area contributed by atoms with E-state index in [1.165, 1.54) is 71.8 Å². The lowest BCUT2D eigenvalue weighted by Crippen LogP contribution is -2.25. The molecular weight excluding hydrogens is 631 g/mol. The van der Waals surface area contributed by atoms with Gasteiger partial charge in [-0.1, -0.05) is 146 Å². The highest BCUT2D eigenvalue weighted by molar-refractivity contribution is 6.18. The summed E-state index contributed by atoms with van der Waals surface area (Å²) in [7, 11) is 0. The maximum absolute atomic E-state index is 6.50. The Hall–Kier alpha value is -6.77. The van der Waals surface area contributed by atoms with E-state index in [4.69, 9.17) is 9.40 Å². The van der Waals surface area contributed by atoms with Gasteiger partial charge in [-0.25, -0.2) is 4.98 Å². The Bertz CT molecular complexity index is 3090. The van der Waals surface area contributed by atoms with Crippen molar-refractivity contribution in [3.05, 3.63) is 198 Å². The first-order chi connectivity index (χ1) is 25.8. The fourth-order valence-electron chi connectivity index (χ4n) is 9.50. The van der Waals surface area contributed by atoms with Gasteiger partial charge in [-0.15, -0.1) is 0 Å². The molecule has 1 aromatic heterocycles. The zero-order chi connectivity index (χ0) is 34.0. The second-order valence-corrected chi connectivity index (χ2v) is 14.2. The second kappa shape index (κ2) is 10.2. The van der Waals surface area contributed by atoms with E-state index in [9.17, 15) is 0 Å². The summed E-state index contributed by atoms with van der Waals surface area (Å²) in [6, 6.07) is 64.5. The number of hydrogen-bond acceptors (Lipinski definition) is 2. The van der Waals surface area contributed by atoms with Crippen molar-refractivity contribution in [1.29, 1.82) is 0 Å². The molecule has 1 heterocycles. The van der Waals surface area contributed by atoms with Crippen molar-refractivity contribution in [2.75, 3.05) is 0 Å². The quantitative estimate of drug-likeness (QED) is 0.173. The normalized spacial score (nSPS) is 13.5. The van der Waals surface area contributed by atoms with Crippen molar-refractivity contribution in [3.8, 4) is 44.8 Å². The van der Waals surface area contributed by atoms with Crippen molar-refractivity contribution in [2.45, 2.75) is 5.41 Å². The van der Waals surface area contributed by atoms with Gasteiger partial charge in [-0.3, -0.25) is 0 Å². The van der Waals surface area contributed by atoms with Gasteiger partial charge >= 0.3 is 0 Å². The molecule has 0 amide bonds. The van der Waals surface area contributed by atoms with Gasteiger partial charge in [-0.2, -0.15) is 0 Å². The molecule has 0 N–H and O–H groups in total. The Balaban J connectivity index is 1.09. The highest BCUT2D eigenvalue weighted by atomic mass is 16.3. The Morgan fingerprint density at radius 2 is 1.08 bits per heavy atom. The van der Waals surface area contributed by atoms with Gasteiger partial charge in [-0.05, 0) is 113 Å². The van der Waals surface area contributed by atoms with Crippen molar-refractivity contribution in [3.63, 3.8) is 0 Å². The van der Waals surface area contributed by atoms with Crippen molar-refractivity contribution in [1.82, 2.24) is 4.98 Å². The molecule has 0 atom stereocenters. The molecular formula is C50H29NO. The van der Waals surface area contributed by atoms with Gasteiger partial charge in [0.25, 0.3) is 0 Å². The smallest absolute Gasteiger partial charge is 0.227 e. The van der Waals surface area contributed by atoms with Gasteiger partial charge in [0.15, 0.2) is 5.58 Å². The first kappa shape index (κ1) is 28.0.